The second kappa shape index (κ2) is 12.2. The molecular weight excluding hydrogens is 353 g/mol. The van der Waals surface area contributed by atoms with Crippen LogP contribution >= 0.6 is 0 Å². The standard InChI is InChI=1S/C22H30FNO2.C2H4/c1-4-6-16(2)20-7-5-8-21(20)24(15-22(25)26)17(3)9-10-18-11-13-19(23)14-12-18;1-2/h6,11-14,17H,4-5,7-10,15H2,1-3H3,(H,25,26);1-2H2/b16-6+;. The molecule has 0 aliphatic heterocycles. The Morgan fingerprint density at radius 2 is 1.93 bits per heavy atom. The predicted octanol–water partition coefficient (Wildman–Crippen LogP) is 6.13. The summed E-state index contributed by atoms with van der Waals surface area (Å²) >= 11 is 0. The third kappa shape index (κ3) is 6.99. The molecule has 1 aromatic carbocycles. The third-order valence-corrected chi connectivity index (χ3v) is 5.12. The van der Waals surface area contributed by atoms with Gasteiger partial charge in [-0.25, -0.2) is 4.39 Å². The van der Waals surface area contributed by atoms with Crippen molar-refractivity contribution in [3.8, 4) is 0 Å². The van der Waals surface area contributed by atoms with Gasteiger partial charge in [-0.05, 0) is 75.6 Å². The molecule has 0 radical (unpaired) electrons. The van der Waals surface area contributed by atoms with Gasteiger partial charge in [-0.2, -0.15) is 0 Å². The summed E-state index contributed by atoms with van der Waals surface area (Å²) in [6, 6.07) is 6.68. The first-order chi connectivity index (χ1) is 13.4. The molecule has 0 fully saturated rings. The van der Waals surface area contributed by atoms with Gasteiger partial charge in [-0.3, -0.25) is 4.79 Å². The van der Waals surface area contributed by atoms with E-state index >= 15 is 0 Å². The Bertz CT molecular complexity index is 691. The van der Waals surface area contributed by atoms with Crippen molar-refractivity contribution in [2.75, 3.05) is 6.54 Å². The van der Waals surface area contributed by atoms with Gasteiger partial charge in [0.05, 0.1) is 0 Å². The molecule has 1 aromatic rings. The summed E-state index contributed by atoms with van der Waals surface area (Å²) in [6.07, 6.45) is 7.91. The molecule has 1 aliphatic carbocycles. The van der Waals surface area contributed by atoms with Gasteiger partial charge in [0, 0.05) is 11.7 Å². The smallest absolute Gasteiger partial charge is 0.323 e. The molecule has 154 valence electrons. The van der Waals surface area contributed by atoms with Gasteiger partial charge < -0.3 is 10.0 Å². The van der Waals surface area contributed by atoms with Gasteiger partial charge in [0.25, 0.3) is 0 Å². The number of aryl methyl sites for hydroxylation is 1. The van der Waals surface area contributed by atoms with Crippen LogP contribution in [0.2, 0.25) is 0 Å². The van der Waals surface area contributed by atoms with Crippen molar-refractivity contribution in [1.29, 1.82) is 0 Å². The predicted molar refractivity (Wildman–Crippen MR) is 115 cm³/mol. The van der Waals surface area contributed by atoms with Crippen molar-refractivity contribution < 1.29 is 14.3 Å². The molecule has 1 N–H and O–H groups in total. The van der Waals surface area contributed by atoms with E-state index < -0.39 is 5.97 Å². The molecule has 1 atom stereocenters. The van der Waals surface area contributed by atoms with Crippen LogP contribution < -0.4 is 0 Å². The highest BCUT2D eigenvalue weighted by Crippen LogP contribution is 2.35. The van der Waals surface area contributed by atoms with E-state index in [9.17, 15) is 14.3 Å². The maximum Gasteiger partial charge on any atom is 0.323 e. The molecule has 0 saturated heterocycles. The number of carboxylic acid groups (broad SMARTS) is 1. The zero-order valence-electron chi connectivity index (χ0n) is 17.5. The second-order valence-corrected chi connectivity index (χ2v) is 7.11. The Hall–Kier alpha value is -2.36. The van der Waals surface area contributed by atoms with E-state index in [1.54, 1.807) is 12.1 Å². The third-order valence-electron chi connectivity index (χ3n) is 5.12. The number of rotatable bonds is 9. The van der Waals surface area contributed by atoms with Crippen LogP contribution in [0.1, 0.15) is 58.4 Å². The number of carboxylic acids is 1. The maximum absolute atomic E-state index is 13.1. The van der Waals surface area contributed by atoms with Crippen molar-refractivity contribution in [2.45, 2.75) is 65.3 Å². The maximum atomic E-state index is 13.1. The van der Waals surface area contributed by atoms with Crippen LogP contribution in [0.3, 0.4) is 0 Å². The first-order valence-electron chi connectivity index (χ1n) is 10.0. The van der Waals surface area contributed by atoms with Crippen molar-refractivity contribution in [3.63, 3.8) is 0 Å². The van der Waals surface area contributed by atoms with Crippen molar-refractivity contribution in [2.24, 2.45) is 0 Å². The van der Waals surface area contributed by atoms with Crippen LogP contribution in [-0.2, 0) is 11.2 Å². The molecule has 1 unspecified atom stereocenters. The minimum absolute atomic E-state index is 0.0306. The Morgan fingerprint density at radius 1 is 1.29 bits per heavy atom. The zero-order valence-corrected chi connectivity index (χ0v) is 17.5. The Labute approximate surface area is 169 Å². The Balaban J connectivity index is 0.00000190. The number of aliphatic carboxylic acids is 1. The van der Waals surface area contributed by atoms with Gasteiger partial charge >= 0.3 is 5.97 Å². The van der Waals surface area contributed by atoms with Gasteiger partial charge in [0.2, 0.25) is 0 Å². The molecule has 2 rings (SSSR count). The normalized spacial score (nSPS) is 15.1. The van der Waals surface area contributed by atoms with Crippen LogP contribution in [0.4, 0.5) is 4.39 Å². The second-order valence-electron chi connectivity index (χ2n) is 7.11. The number of nitrogens with zero attached hydrogens (tertiary/aromatic N) is 1. The number of benzene rings is 1. The molecule has 4 heteroatoms. The van der Waals surface area contributed by atoms with Crippen LogP contribution in [0.15, 0.2) is 60.3 Å². The first-order valence-corrected chi connectivity index (χ1v) is 10.0. The van der Waals surface area contributed by atoms with Crippen LogP contribution in [-0.4, -0.2) is 28.6 Å². The Morgan fingerprint density at radius 3 is 2.50 bits per heavy atom. The van der Waals surface area contributed by atoms with Gasteiger partial charge in [0.15, 0.2) is 0 Å². The minimum atomic E-state index is -0.797. The molecule has 0 heterocycles. The summed E-state index contributed by atoms with van der Waals surface area (Å²) in [5, 5.41) is 9.42. The Kier molecular flexibility index (Phi) is 10.3. The largest absolute Gasteiger partial charge is 0.480 e. The number of hydrogen-bond acceptors (Lipinski definition) is 2. The number of carbonyl (C=O) groups is 1. The topological polar surface area (TPSA) is 40.5 Å². The zero-order chi connectivity index (χ0) is 21.1. The lowest BCUT2D eigenvalue weighted by atomic mass is 10.0. The van der Waals surface area contributed by atoms with E-state index in [4.69, 9.17) is 0 Å². The molecule has 0 amide bonds. The fraction of sp³-hybridized carbons (Fsp3) is 0.458. The fourth-order valence-electron chi connectivity index (χ4n) is 3.74. The SMILES string of the molecule is C=C.CC/C=C(\C)C1=C(N(CC(=O)O)C(C)CCc2ccc(F)cc2)CCC1. The first kappa shape index (κ1) is 23.7. The van der Waals surface area contributed by atoms with Gasteiger partial charge in [-0.15, -0.1) is 13.2 Å². The molecule has 0 spiro atoms. The van der Waals surface area contributed by atoms with Crippen molar-refractivity contribution >= 4 is 5.97 Å². The van der Waals surface area contributed by atoms with E-state index in [-0.39, 0.29) is 18.4 Å². The van der Waals surface area contributed by atoms with Crippen LogP contribution in [0, 0.1) is 5.82 Å². The lowest BCUT2D eigenvalue weighted by molar-refractivity contribution is -0.138. The average molecular weight is 388 g/mol. The van der Waals surface area contributed by atoms with Crippen LogP contribution in [0.25, 0.3) is 0 Å². The number of hydrogen-bond donors (Lipinski definition) is 1. The number of allylic oxidation sites excluding steroid dienone is 4. The lowest BCUT2D eigenvalue weighted by Gasteiger charge is -2.32. The molecule has 0 saturated carbocycles. The summed E-state index contributed by atoms with van der Waals surface area (Å²) in [4.78, 5) is 13.5. The highest BCUT2D eigenvalue weighted by Gasteiger charge is 2.26. The quantitative estimate of drug-likeness (QED) is 0.518. The van der Waals surface area contributed by atoms with E-state index in [1.165, 1.54) is 29.0 Å². The highest BCUT2D eigenvalue weighted by molar-refractivity contribution is 5.69. The summed E-state index contributed by atoms with van der Waals surface area (Å²) in [5.74, 6) is -1.03. The summed E-state index contributed by atoms with van der Waals surface area (Å²) in [5.41, 5.74) is 4.88. The number of halogens is 1. The summed E-state index contributed by atoms with van der Waals surface area (Å²) in [7, 11) is 0. The minimum Gasteiger partial charge on any atom is -0.480 e. The van der Waals surface area contributed by atoms with E-state index in [0.29, 0.717) is 0 Å². The van der Waals surface area contributed by atoms with Gasteiger partial charge in [-0.1, -0.05) is 30.7 Å². The molecule has 0 bridgehead atoms. The molecule has 1 aliphatic rings. The summed E-state index contributed by atoms with van der Waals surface area (Å²) < 4.78 is 13.1. The van der Waals surface area contributed by atoms with E-state index in [0.717, 1.165) is 44.1 Å². The molecule has 3 nitrogen and oxygen atoms in total. The van der Waals surface area contributed by atoms with Crippen molar-refractivity contribution in [3.05, 3.63) is 71.7 Å². The van der Waals surface area contributed by atoms with Crippen LogP contribution in [0.5, 0.6) is 0 Å². The van der Waals surface area contributed by atoms with E-state index in [2.05, 4.69) is 44.9 Å². The average Bonchev–Trinajstić information content (AvgIpc) is 3.16. The molecule has 28 heavy (non-hydrogen) atoms. The molecular formula is C24H34FNO2. The summed E-state index contributed by atoms with van der Waals surface area (Å²) in [6.45, 7) is 12.4. The van der Waals surface area contributed by atoms with Gasteiger partial charge in [0.1, 0.15) is 12.4 Å². The lowest BCUT2D eigenvalue weighted by Crippen LogP contribution is -2.37. The fourth-order valence-corrected chi connectivity index (χ4v) is 3.74. The highest BCUT2D eigenvalue weighted by atomic mass is 19.1. The molecule has 0 aromatic heterocycles. The van der Waals surface area contributed by atoms with E-state index in [1.807, 2.05) is 0 Å². The monoisotopic (exact) mass is 387 g/mol. The van der Waals surface area contributed by atoms with Crippen molar-refractivity contribution in [1.82, 2.24) is 4.90 Å².